The van der Waals surface area contributed by atoms with E-state index in [1.165, 1.54) is 0 Å². The molecule has 2 nitrogen and oxygen atoms in total. The third-order valence-corrected chi connectivity index (χ3v) is 3.98. The number of aromatic amines is 1. The monoisotopic (exact) mass is 299 g/mol. The Hall–Kier alpha value is -3.00. The van der Waals surface area contributed by atoms with Gasteiger partial charge in [-0.1, -0.05) is 60.7 Å². The summed E-state index contributed by atoms with van der Waals surface area (Å²) < 4.78 is 6.35. The van der Waals surface area contributed by atoms with Crippen LogP contribution >= 0.6 is 0 Å². The first-order valence-electron chi connectivity index (χ1n) is 7.74. The largest absolute Gasteiger partial charge is 0.481 e. The summed E-state index contributed by atoms with van der Waals surface area (Å²) in [6.45, 7) is 0. The Morgan fingerprint density at radius 2 is 1.35 bits per heavy atom. The summed E-state index contributed by atoms with van der Waals surface area (Å²) in [5.74, 6) is 0.870. The maximum atomic E-state index is 6.35. The number of rotatable bonds is 4. The van der Waals surface area contributed by atoms with Crippen LogP contribution < -0.4 is 4.74 Å². The van der Waals surface area contributed by atoms with Crippen molar-refractivity contribution in [1.29, 1.82) is 0 Å². The zero-order valence-corrected chi connectivity index (χ0v) is 12.6. The zero-order chi connectivity index (χ0) is 15.5. The SMILES string of the molecule is c1ccc(C(Oc2ccc3[nH]ccc3c2)c2ccccc2)cc1. The number of H-pyrrole nitrogens is 1. The van der Waals surface area contributed by atoms with E-state index in [-0.39, 0.29) is 6.10 Å². The van der Waals surface area contributed by atoms with Crippen LogP contribution in [0.2, 0.25) is 0 Å². The van der Waals surface area contributed by atoms with Gasteiger partial charge in [0, 0.05) is 17.1 Å². The van der Waals surface area contributed by atoms with Crippen LogP contribution in [0.5, 0.6) is 5.75 Å². The fourth-order valence-corrected chi connectivity index (χ4v) is 2.82. The standard InChI is InChI=1S/C21H17NO/c1-3-7-16(8-4-1)21(17-9-5-2-6-10-17)23-19-11-12-20-18(15-19)13-14-22-20/h1-15,21-22H. The molecule has 2 heteroatoms. The summed E-state index contributed by atoms with van der Waals surface area (Å²) in [6, 6.07) is 28.8. The normalized spacial score (nSPS) is 11.0. The average molecular weight is 299 g/mol. The summed E-state index contributed by atoms with van der Waals surface area (Å²) in [6.07, 6.45) is 1.83. The minimum absolute atomic E-state index is 0.117. The molecule has 0 bridgehead atoms. The van der Waals surface area contributed by atoms with E-state index in [9.17, 15) is 0 Å². The maximum absolute atomic E-state index is 6.35. The summed E-state index contributed by atoms with van der Waals surface area (Å²) in [5, 5.41) is 1.15. The van der Waals surface area contributed by atoms with E-state index in [2.05, 4.69) is 47.4 Å². The fourth-order valence-electron chi connectivity index (χ4n) is 2.82. The lowest BCUT2D eigenvalue weighted by Gasteiger charge is -2.20. The molecule has 0 aliphatic heterocycles. The molecule has 0 saturated carbocycles. The molecule has 0 fully saturated rings. The summed E-state index contributed by atoms with van der Waals surface area (Å²) in [4.78, 5) is 3.21. The minimum atomic E-state index is -0.117. The number of fused-ring (bicyclic) bond motifs is 1. The van der Waals surface area contributed by atoms with Gasteiger partial charge >= 0.3 is 0 Å². The molecule has 3 aromatic carbocycles. The van der Waals surface area contributed by atoms with Crippen LogP contribution in [0.3, 0.4) is 0 Å². The van der Waals surface area contributed by atoms with Crippen LogP contribution in [0, 0.1) is 0 Å². The highest BCUT2D eigenvalue weighted by molar-refractivity contribution is 5.80. The minimum Gasteiger partial charge on any atom is -0.481 e. The summed E-state index contributed by atoms with van der Waals surface area (Å²) in [7, 11) is 0. The smallest absolute Gasteiger partial charge is 0.149 e. The van der Waals surface area contributed by atoms with Crippen molar-refractivity contribution in [1.82, 2.24) is 4.98 Å². The molecule has 1 N–H and O–H groups in total. The number of hydrogen-bond acceptors (Lipinski definition) is 1. The van der Waals surface area contributed by atoms with Crippen molar-refractivity contribution in [2.75, 3.05) is 0 Å². The molecule has 112 valence electrons. The van der Waals surface area contributed by atoms with Crippen LogP contribution in [0.15, 0.2) is 91.1 Å². The third-order valence-electron chi connectivity index (χ3n) is 3.98. The number of hydrogen-bond donors (Lipinski definition) is 1. The maximum Gasteiger partial charge on any atom is 0.149 e. The van der Waals surface area contributed by atoms with E-state index in [0.29, 0.717) is 0 Å². The fraction of sp³-hybridized carbons (Fsp3) is 0.0476. The predicted molar refractivity (Wildman–Crippen MR) is 93.7 cm³/mol. The molecule has 23 heavy (non-hydrogen) atoms. The molecule has 0 unspecified atom stereocenters. The Morgan fingerprint density at radius 3 is 2.00 bits per heavy atom. The Balaban J connectivity index is 1.73. The van der Waals surface area contributed by atoms with Crippen molar-refractivity contribution < 1.29 is 4.74 Å². The molecule has 0 aliphatic carbocycles. The van der Waals surface area contributed by atoms with Crippen molar-refractivity contribution >= 4 is 10.9 Å². The highest BCUT2D eigenvalue weighted by Crippen LogP contribution is 2.30. The lowest BCUT2D eigenvalue weighted by atomic mass is 10.0. The van der Waals surface area contributed by atoms with Gasteiger partial charge in [-0.3, -0.25) is 0 Å². The first kappa shape index (κ1) is 13.6. The van der Waals surface area contributed by atoms with Crippen molar-refractivity contribution in [3.8, 4) is 5.75 Å². The Kier molecular flexibility index (Phi) is 3.57. The molecular weight excluding hydrogens is 282 g/mol. The molecule has 1 heterocycles. The molecule has 0 spiro atoms. The second kappa shape index (κ2) is 6.01. The second-order valence-corrected chi connectivity index (χ2v) is 5.55. The molecule has 0 aliphatic rings. The van der Waals surface area contributed by atoms with E-state index in [0.717, 1.165) is 27.8 Å². The van der Waals surface area contributed by atoms with Crippen LogP contribution in [-0.4, -0.2) is 4.98 Å². The average Bonchev–Trinajstić information content (AvgIpc) is 3.09. The van der Waals surface area contributed by atoms with Crippen LogP contribution in [0.25, 0.3) is 10.9 Å². The van der Waals surface area contributed by atoms with Gasteiger partial charge in [-0.05, 0) is 35.4 Å². The van der Waals surface area contributed by atoms with Gasteiger partial charge in [0.1, 0.15) is 11.9 Å². The second-order valence-electron chi connectivity index (χ2n) is 5.55. The van der Waals surface area contributed by atoms with E-state index in [4.69, 9.17) is 4.74 Å². The van der Waals surface area contributed by atoms with Gasteiger partial charge in [0.25, 0.3) is 0 Å². The molecule has 0 saturated heterocycles. The van der Waals surface area contributed by atoms with Crippen molar-refractivity contribution in [3.05, 3.63) is 102 Å². The van der Waals surface area contributed by atoms with Gasteiger partial charge in [-0.15, -0.1) is 0 Å². The highest BCUT2D eigenvalue weighted by Gasteiger charge is 2.15. The third kappa shape index (κ3) is 2.84. The van der Waals surface area contributed by atoms with Gasteiger partial charge in [0.15, 0.2) is 0 Å². The molecule has 4 aromatic rings. The number of benzene rings is 3. The first-order valence-corrected chi connectivity index (χ1v) is 7.74. The van der Waals surface area contributed by atoms with Gasteiger partial charge in [-0.25, -0.2) is 0 Å². The van der Waals surface area contributed by atoms with Crippen LogP contribution in [0.4, 0.5) is 0 Å². The molecule has 0 radical (unpaired) electrons. The van der Waals surface area contributed by atoms with Crippen LogP contribution in [-0.2, 0) is 0 Å². The Labute approximate surface area is 135 Å². The zero-order valence-electron chi connectivity index (χ0n) is 12.6. The van der Waals surface area contributed by atoms with Gasteiger partial charge in [-0.2, -0.15) is 0 Å². The van der Waals surface area contributed by atoms with Crippen molar-refractivity contribution in [2.24, 2.45) is 0 Å². The predicted octanol–water partition coefficient (Wildman–Crippen LogP) is 5.34. The summed E-state index contributed by atoms with van der Waals surface area (Å²) in [5.41, 5.74) is 3.41. The molecule has 1 aromatic heterocycles. The molecule has 4 rings (SSSR count). The van der Waals surface area contributed by atoms with E-state index in [1.54, 1.807) is 0 Å². The number of aromatic nitrogens is 1. The topological polar surface area (TPSA) is 25.0 Å². The van der Waals surface area contributed by atoms with Crippen molar-refractivity contribution in [2.45, 2.75) is 6.10 Å². The van der Waals surface area contributed by atoms with Crippen LogP contribution in [0.1, 0.15) is 17.2 Å². The van der Waals surface area contributed by atoms with Crippen molar-refractivity contribution in [3.63, 3.8) is 0 Å². The summed E-state index contributed by atoms with van der Waals surface area (Å²) >= 11 is 0. The van der Waals surface area contributed by atoms with E-state index in [1.807, 2.05) is 48.7 Å². The lowest BCUT2D eigenvalue weighted by molar-refractivity contribution is 0.247. The van der Waals surface area contributed by atoms with Gasteiger partial charge < -0.3 is 9.72 Å². The Bertz CT molecular complexity index is 857. The van der Waals surface area contributed by atoms with Gasteiger partial charge in [0.2, 0.25) is 0 Å². The first-order chi connectivity index (χ1) is 11.4. The molecule has 0 amide bonds. The van der Waals surface area contributed by atoms with E-state index >= 15 is 0 Å². The molecular formula is C21H17NO. The number of nitrogens with one attached hydrogen (secondary N) is 1. The van der Waals surface area contributed by atoms with Gasteiger partial charge in [0.05, 0.1) is 0 Å². The Morgan fingerprint density at radius 1 is 0.696 bits per heavy atom. The van der Waals surface area contributed by atoms with E-state index < -0.39 is 0 Å². The lowest BCUT2D eigenvalue weighted by Crippen LogP contribution is -2.09. The quantitative estimate of drug-likeness (QED) is 0.541. The molecule has 0 atom stereocenters. The number of ether oxygens (including phenoxy) is 1. The highest BCUT2D eigenvalue weighted by atomic mass is 16.5.